The average Bonchev–Trinajstić information content (AvgIpc) is 4.11. The van der Waals surface area contributed by atoms with E-state index in [4.69, 9.17) is 56.4 Å². The maximum absolute atomic E-state index is 12.2. The lowest BCUT2D eigenvalue weighted by Crippen LogP contribution is -1.94. The van der Waals surface area contributed by atoms with Gasteiger partial charge in [0.2, 0.25) is 0 Å². The number of nitro benzene ring substituents is 4. The topological polar surface area (TPSA) is 230 Å². The van der Waals surface area contributed by atoms with Gasteiger partial charge in [0.1, 0.15) is 20.1 Å². The Labute approximate surface area is 378 Å². The van der Waals surface area contributed by atoms with Crippen molar-refractivity contribution in [3.63, 3.8) is 0 Å². The lowest BCUT2D eigenvalue weighted by Gasteiger charge is -2.08. The number of nitrogens with one attached hydrogen (secondary N) is 2. The van der Waals surface area contributed by atoms with E-state index in [-0.39, 0.29) is 42.8 Å². The zero-order chi connectivity index (χ0) is 45.1. The smallest absolute Gasteiger partial charge is 0.288 e. The van der Waals surface area contributed by atoms with E-state index in [0.717, 1.165) is 0 Å². The zero-order valence-electron chi connectivity index (χ0n) is 32.0. The minimum absolute atomic E-state index is 0.101. The van der Waals surface area contributed by atoms with E-state index in [1.165, 1.54) is 48.5 Å². The molecule has 64 heavy (non-hydrogen) atoms. The molecule has 20 heteroatoms. The van der Waals surface area contributed by atoms with Crippen molar-refractivity contribution in [3.05, 3.63) is 180 Å². The molecule has 0 amide bonds. The van der Waals surface area contributed by atoms with Crippen LogP contribution in [-0.4, -0.2) is 39.6 Å². The van der Waals surface area contributed by atoms with Gasteiger partial charge in [0, 0.05) is 68.6 Å². The molecule has 16 nitrogen and oxygen atoms in total. The molecule has 314 valence electrons. The van der Waals surface area contributed by atoms with Crippen molar-refractivity contribution >= 4 is 116 Å². The highest BCUT2D eigenvalue weighted by Crippen LogP contribution is 2.42. The maximum Gasteiger partial charge on any atom is 0.288 e. The molecule has 0 saturated heterocycles. The number of rotatable bonds is 8. The summed E-state index contributed by atoms with van der Waals surface area (Å²) in [5.41, 5.74) is 4.32. The van der Waals surface area contributed by atoms with Crippen molar-refractivity contribution in [2.45, 2.75) is 0 Å². The molecule has 2 aliphatic heterocycles. The second kappa shape index (κ2) is 16.2. The van der Waals surface area contributed by atoms with Crippen LogP contribution in [0.3, 0.4) is 0 Å². The summed E-state index contributed by atoms with van der Waals surface area (Å²) in [6.07, 6.45) is 6.72. The van der Waals surface area contributed by atoms with Crippen LogP contribution in [0.5, 0.6) is 0 Å². The molecule has 0 fully saturated rings. The van der Waals surface area contributed by atoms with Gasteiger partial charge in [-0.15, -0.1) is 0 Å². The van der Waals surface area contributed by atoms with Gasteiger partial charge in [-0.25, -0.2) is 9.97 Å². The van der Waals surface area contributed by atoms with Crippen LogP contribution in [0.2, 0.25) is 20.1 Å². The first-order valence-corrected chi connectivity index (χ1v) is 20.1. The van der Waals surface area contributed by atoms with Crippen molar-refractivity contribution in [1.29, 1.82) is 0 Å². The van der Waals surface area contributed by atoms with E-state index in [9.17, 15) is 40.5 Å². The molecule has 0 radical (unpaired) electrons. The third kappa shape index (κ3) is 7.39. The SMILES string of the molecule is O=[N+]([O-])c1cc(-c2c3nc(c(-c4ccc(Cl)c([N+](=O)[O-])c4)c4ccc([nH]4)c(-c4ccc(Cl)c([N+](=O)[O-])c4)c4nc(c(-c5ccc(Cl)c([N+](=O)[O-])c5)c5ccc2[nH]5)C=C4)C=C3)ccc1Cl. The van der Waals surface area contributed by atoms with Crippen LogP contribution in [0, 0.1) is 40.5 Å². The molecule has 3 aromatic heterocycles. The number of hydrogen-bond donors (Lipinski definition) is 2. The summed E-state index contributed by atoms with van der Waals surface area (Å²) in [7, 11) is 0. The molecule has 8 bridgehead atoms. The summed E-state index contributed by atoms with van der Waals surface area (Å²) in [6.45, 7) is 0. The number of nitro groups is 4. The molecule has 4 aromatic carbocycles. The molecular formula is C44H22Cl4N8O8. The van der Waals surface area contributed by atoms with Crippen LogP contribution in [0.25, 0.3) is 90.9 Å². The fourth-order valence-electron chi connectivity index (χ4n) is 7.65. The van der Waals surface area contributed by atoms with Crippen LogP contribution < -0.4 is 0 Å². The molecule has 0 atom stereocenters. The van der Waals surface area contributed by atoms with Crippen molar-refractivity contribution in [2.75, 3.05) is 0 Å². The van der Waals surface area contributed by atoms with Gasteiger partial charge < -0.3 is 9.97 Å². The summed E-state index contributed by atoms with van der Waals surface area (Å²) in [4.78, 5) is 63.1. The molecule has 5 heterocycles. The number of benzene rings is 4. The van der Waals surface area contributed by atoms with Crippen molar-refractivity contribution in [2.24, 2.45) is 0 Å². The average molecular weight is 933 g/mol. The van der Waals surface area contributed by atoms with Gasteiger partial charge in [-0.2, -0.15) is 0 Å². The molecular weight excluding hydrogens is 910 g/mol. The van der Waals surface area contributed by atoms with Crippen LogP contribution in [0.4, 0.5) is 22.7 Å². The number of halogens is 4. The number of nitrogens with zero attached hydrogens (tertiary/aromatic N) is 6. The number of aromatic amines is 2. The van der Waals surface area contributed by atoms with Gasteiger partial charge in [-0.3, -0.25) is 40.5 Å². The first-order chi connectivity index (χ1) is 30.7. The van der Waals surface area contributed by atoms with Gasteiger partial charge in [0.15, 0.2) is 0 Å². The Bertz CT molecular complexity index is 3050. The molecule has 2 aliphatic rings. The standard InChI is InChI=1S/C44H22Cl4N8O8/c45-25-5-1-21(17-37(25)53(57)58)41-29-9-11-31(49-29)42(22-2-6-26(46)38(18-22)54(59)60)33-13-15-35(51-33)44(24-4-8-28(48)40(20-24)56(63)64)36-16-14-34(52-36)43(32-12-10-30(41)50-32)23-3-7-27(47)39(19-23)55(61)62/h1-20,49,52H. The predicted octanol–water partition coefficient (Wildman–Crippen LogP) is 13.6. The minimum atomic E-state index is -0.612. The second-order valence-corrected chi connectivity index (χ2v) is 15.8. The number of H-pyrrole nitrogens is 2. The molecule has 0 unspecified atom stereocenters. The number of aromatic nitrogens is 4. The zero-order valence-corrected chi connectivity index (χ0v) is 35.0. The van der Waals surface area contributed by atoms with E-state index in [2.05, 4.69) is 9.97 Å². The van der Waals surface area contributed by atoms with Gasteiger partial charge in [0.25, 0.3) is 22.7 Å². The van der Waals surface area contributed by atoms with Crippen LogP contribution in [-0.2, 0) is 0 Å². The first-order valence-electron chi connectivity index (χ1n) is 18.6. The summed E-state index contributed by atoms with van der Waals surface area (Å²) >= 11 is 25.1. The molecule has 9 rings (SSSR count). The Morgan fingerprint density at radius 3 is 0.781 bits per heavy atom. The molecule has 0 saturated carbocycles. The Morgan fingerprint density at radius 1 is 0.359 bits per heavy atom. The van der Waals surface area contributed by atoms with E-state index < -0.39 is 19.7 Å². The Balaban J connectivity index is 1.49. The van der Waals surface area contributed by atoms with Crippen molar-refractivity contribution < 1.29 is 19.7 Å². The highest BCUT2D eigenvalue weighted by molar-refractivity contribution is 6.34. The van der Waals surface area contributed by atoms with Gasteiger partial charge in [-0.05, 0) is 95.1 Å². The maximum atomic E-state index is 12.2. The van der Waals surface area contributed by atoms with E-state index in [1.807, 2.05) is 0 Å². The Morgan fingerprint density at radius 2 is 0.578 bits per heavy atom. The fourth-order valence-corrected chi connectivity index (χ4v) is 8.40. The van der Waals surface area contributed by atoms with Crippen LogP contribution >= 0.6 is 46.4 Å². The molecule has 7 aromatic rings. The summed E-state index contributed by atoms with van der Waals surface area (Å²) in [5.74, 6) is 0. The lowest BCUT2D eigenvalue weighted by molar-refractivity contribution is -0.384. The predicted molar refractivity (Wildman–Crippen MR) is 247 cm³/mol. The number of fused-ring (bicyclic) bond motifs is 8. The summed E-state index contributed by atoms with van der Waals surface area (Å²) in [6, 6.07) is 24.0. The minimum Gasteiger partial charge on any atom is -0.354 e. The largest absolute Gasteiger partial charge is 0.354 e. The monoisotopic (exact) mass is 930 g/mol. The molecule has 0 aliphatic carbocycles. The van der Waals surface area contributed by atoms with Crippen LogP contribution in [0.1, 0.15) is 22.8 Å². The first kappa shape index (κ1) is 41.6. The van der Waals surface area contributed by atoms with Crippen molar-refractivity contribution in [1.82, 2.24) is 19.9 Å². The highest BCUT2D eigenvalue weighted by Gasteiger charge is 2.24. The second-order valence-electron chi connectivity index (χ2n) is 14.2. The third-order valence-electron chi connectivity index (χ3n) is 10.5. The molecule has 2 N–H and O–H groups in total. The normalized spacial score (nSPS) is 11.8. The van der Waals surface area contributed by atoms with Gasteiger partial charge in [0.05, 0.1) is 42.5 Å². The van der Waals surface area contributed by atoms with Gasteiger partial charge in [-0.1, -0.05) is 70.7 Å². The lowest BCUT2D eigenvalue weighted by atomic mass is 10.0. The van der Waals surface area contributed by atoms with E-state index in [0.29, 0.717) is 89.4 Å². The van der Waals surface area contributed by atoms with Crippen LogP contribution in [0.15, 0.2) is 97.1 Å². The molecule has 0 spiro atoms. The van der Waals surface area contributed by atoms with E-state index in [1.54, 1.807) is 72.8 Å². The Hall–Kier alpha value is -7.76. The fraction of sp³-hybridized carbons (Fsp3) is 0. The number of hydrogen-bond acceptors (Lipinski definition) is 10. The summed E-state index contributed by atoms with van der Waals surface area (Å²) < 4.78 is 0. The van der Waals surface area contributed by atoms with Crippen molar-refractivity contribution in [3.8, 4) is 44.5 Å². The third-order valence-corrected chi connectivity index (χ3v) is 11.8. The highest BCUT2D eigenvalue weighted by atomic mass is 35.5. The van der Waals surface area contributed by atoms with Gasteiger partial charge >= 0.3 is 0 Å². The Kier molecular flexibility index (Phi) is 10.5. The summed E-state index contributed by atoms with van der Waals surface area (Å²) in [5, 5.41) is 48.2. The van der Waals surface area contributed by atoms with E-state index >= 15 is 0 Å². The quantitative estimate of drug-likeness (QED) is 0.108.